The third-order valence-electron chi connectivity index (χ3n) is 4.00. The minimum Gasteiger partial charge on any atom is -0.423 e. The Morgan fingerprint density at radius 1 is 1.29 bits per heavy atom. The molecule has 1 aromatic rings. The van der Waals surface area contributed by atoms with Gasteiger partial charge in [0.1, 0.15) is 0 Å². The first-order chi connectivity index (χ1) is 9.86. The zero-order valence-electron chi connectivity index (χ0n) is 11.9. The number of nitrogens with zero attached hydrogens (tertiary/aromatic N) is 1. The number of sulfonamides is 1. The molecule has 1 fully saturated rings. The summed E-state index contributed by atoms with van der Waals surface area (Å²) in [6.45, 7) is 2.52. The van der Waals surface area contributed by atoms with E-state index in [-0.39, 0.29) is 22.9 Å². The number of rotatable bonds is 4. The second-order valence-electron chi connectivity index (χ2n) is 5.42. The average molecular weight is 313 g/mol. The molecule has 0 radical (unpaired) electrons. The van der Waals surface area contributed by atoms with Gasteiger partial charge in [-0.3, -0.25) is 0 Å². The number of aliphatic hydroxyl groups is 1. The highest BCUT2D eigenvalue weighted by Crippen LogP contribution is 2.23. The number of benzene rings is 1. The summed E-state index contributed by atoms with van der Waals surface area (Å²) in [5, 5.41) is 27.7. The highest BCUT2D eigenvalue weighted by molar-refractivity contribution is 7.89. The third-order valence-corrected chi connectivity index (χ3v) is 5.89. The zero-order chi connectivity index (χ0) is 15.6. The van der Waals surface area contributed by atoms with Crippen LogP contribution in [0.4, 0.5) is 0 Å². The van der Waals surface area contributed by atoms with Crippen LogP contribution in [0.2, 0.25) is 0 Å². The Balaban J connectivity index is 2.26. The smallest absolute Gasteiger partial charge is 0.423 e. The van der Waals surface area contributed by atoms with Crippen LogP contribution in [-0.2, 0) is 10.0 Å². The van der Waals surface area contributed by atoms with Crippen molar-refractivity contribution >= 4 is 22.6 Å². The summed E-state index contributed by atoms with van der Waals surface area (Å²) in [6, 6.07) is 4.37. The first kappa shape index (κ1) is 16.4. The van der Waals surface area contributed by atoms with Crippen LogP contribution in [0.25, 0.3) is 0 Å². The zero-order valence-corrected chi connectivity index (χ0v) is 12.8. The van der Waals surface area contributed by atoms with E-state index < -0.39 is 17.1 Å². The molecule has 2 rings (SSSR count). The van der Waals surface area contributed by atoms with Gasteiger partial charge in [0, 0.05) is 19.7 Å². The number of piperidine rings is 1. The molecule has 1 heterocycles. The minimum absolute atomic E-state index is 0.0682. The van der Waals surface area contributed by atoms with Gasteiger partial charge in [-0.2, -0.15) is 4.31 Å². The van der Waals surface area contributed by atoms with E-state index in [2.05, 4.69) is 0 Å². The molecular formula is C13H20BNO5S. The quantitative estimate of drug-likeness (QED) is 0.624. The maximum atomic E-state index is 12.6. The normalized spacial score (nSPS) is 17.9. The number of hydrogen-bond donors (Lipinski definition) is 3. The molecule has 0 atom stereocenters. The molecule has 0 unspecified atom stereocenters. The average Bonchev–Trinajstić information content (AvgIpc) is 2.47. The molecule has 1 aliphatic heterocycles. The highest BCUT2D eigenvalue weighted by Gasteiger charge is 2.30. The number of aliphatic hydroxyl groups excluding tert-OH is 1. The Morgan fingerprint density at radius 3 is 2.43 bits per heavy atom. The van der Waals surface area contributed by atoms with Gasteiger partial charge < -0.3 is 15.2 Å². The summed E-state index contributed by atoms with van der Waals surface area (Å²) < 4.78 is 26.5. The maximum Gasteiger partial charge on any atom is 0.488 e. The fourth-order valence-corrected chi connectivity index (χ4v) is 4.04. The van der Waals surface area contributed by atoms with Crippen molar-refractivity contribution in [3.05, 3.63) is 23.8 Å². The van der Waals surface area contributed by atoms with E-state index in [1.165, 1.54) is 16.4 Å². The summed E-state index contributed by atoms with van der Waals surface area (Å²) in [5.74, 6) is 0.157. The molecule has 1 saturated heterocycles. The Labute approximate surface area is 125 Å². The lowest BCUT2D eigenvalue weighted by Gasteiger charge is -2.30. The predicted octanol–water partition coefficient (Wildman–Crippen LogP) is -0.932. The molecule has 0 bridgehead atoms. The molecule has 6 nitrogen and oxygen atoms in total. The Morgan fingerprint density at radius 2 is 1.90 bits per heavy atom. The van der Waals surface area contributed by atoms with E-state index >= 15 is 0 Å². The number of hydrogen-bond acceptors (Lipinski definition) is 5. The fourth-order valence-electron chi connectivity index (χ4n) is 2.54. The third kappa shape index (κ3) is 3.46. The van der Waals surface area contributed by atoms with Gasteiger partial charge in [-0.25, -0.2) is 8.42 Å². The topological polar surface area (TPSA) is 98.1 Å². The molecule has 1 aromatic carbocycles. The van der Waals surface area contributed by atoms with E-state index in [4.69, 9.17) is 5.11 Å². The lowest BCUT2D eigenvalue weighted by atomic mass is 9.77. The van der Waals surface area contributed by atoms with Crippen LogP contribution in [0.3, 0.4) is 0 Å². The molecule has 0 amide bonds. The molecule has 3 N–H and O–H groups in total. The molecule has 0 spiro atoms. The standard InChI is InChI=1S/C13H20BNO5S/c1-10-2-3-12(8-13(10)14(17)18)21(19,20)15-6-4-11(9-16)5-7-15/h2-3,8,11,16-18H,4-7,9H2,1H3. The van der Waals surface area contributed by atoms with E-state index in [1.807, 2.05) is 0 Å². The van der Waals surface area contributed by atoms with Gasteiger partial charge in [-0.05, 0) is 43.3 Å². The van der Waals surface area contributed by atoms with Crippen molar-refractivity contribution in [2.75, 3.05) is 19.7 Å². The van der Waals surface area contributed by atoms with E-state index in [0.29, 0.717) is 31.5 Å². The monoisotopic (exact) mass is 313 g/mol. The van der Waals surface area contributed by atoms with Gasteiger partial charge in [0.25, 0.3) is 0 Å². The maximum absolute atomic E-state index is 12.6. The summed E-state index contributed by atoms with van der Waals surface area (Å²) in [6.07, 6.45) is 1.27. The van der Waals surface area contributed by atoms with Crippen molar-refractivity contribution in [3.8, 4) is 0 Å². The van der Waals surface area contributed by atoms with Crippen LogP contribution in [0, 0.1) is 12.8 Å². The van der Waals surface area contributed by atoms with Gasteiger partial charge in [0.15, 0.2) is 0 Å². The van der Waals surface area contributed by atoms with Crippen LogP contribution in [0.5, 0.6) is 0 Å². The molecule has 0 aromatic heterocycles. The first-order valence-electron chi connectivity index (χ1n) is 6.94. The van der Waals surface area contributed by atoms with Gasteiger partial charge in [0.05, 0.1) is 4.90 Å². The summed E-state index contributed by atoms with van der Waals surface area (Å²) in [5.41, 5.74) is 0.823. The van der Waals surface area contributed by atoms with Crippen LogP contribution in [0.1, 0.15) is 18.4 Å². The lowest BCUT2D eigenvalue weighted by molar-refractivity contribution is 0.170. The van der Waals surface area contributed by atoms with E-state index in [0.717, 1.165) is 0 Å². The van der Waals surface area contributed by atoms with E-state index in [1.54, 1.807) is 13.0 Å². The largest absolute Gasteiger partial charge is 0.488 e. The highest BCUT2D eigenvalue weighted by atomic mass is 32.2. The summed E-state index contributed by atoms with van der Waals surface area (Å²) >= 11 is 0. The van der Waals surface area contributed by atoms with Crippen molar-refractivity contribution in [2.24, 2.45) is 5.92 Å². The SMILES string of the molecule is Cc1ccc(S(=O)(=O)N2CCC(CO)CC2)cc1B(O)O. The lowest BCUT2D eigenvalue weighted by Crippen LogP contribution is -2.40. The molecule has 116 valence electrons. The minimum atomic E-state index is -3.64. The second kappa shape index (κ2) is 6.45. The fraction of sp³-hybridized carbons (Fsp3) is 0.538. The second-order valence-corrected chi connectivity index (χ2v) is 7.36. The van der Waals surface area contributed by atoms with Crippen molar-refractivity contribution in [1.82, 2.24) is 4.31 Å². The van der Waals surface area contributed by atoms with E-state index in [9.17, 15) is 18.5 Å². The van der Waals surface area contributed by atoms with Crippen LogP contribution < -0.4 is 5.46 Å². The molecule has 21 heavy (non-hydrogen) atoms. The number of aryl methyl sites for hydroxylation is 1. The van der Waals surface area contributed by atoms with Crippen molar-refractivity contribution in [3.63, 3.8) is 0 Å². The van der Waals surface area contributed by atoms with Crippen LogP contribution in [0.15, 0.2) is 23.1 Å². The Kier molecular flexibility index (Phi) is 5.05. The summed E-state index contributed by atoms with van der Waals surface area (Å²) in [4.78, 5) is 0.0682. The van der Waals surface area contributed by atoms with Crippen molar-refractivity contribution in [1.29, 1.82) is 0 Å². The van der Waals surface area contributed by atoms with Gasteiger partial charge in [-0.1, -0.05) is 11.6 Å². The van der Waals surface area contributed by atoms with Crippen LogP contribution >= 0.6 is 0 Å². The van der Waals surface area contributed by atoms with Gasteiger partial charge >= 0.3 is 7.12 Å². The Hall–Kier alpha value is -0.925. The van der Waals surface area contributed by atoms with Gasteiger partial charge in [-0.15, -0.1) is 0 Å². The van der Waals surface area contributed by atoms with Crippen LogP contribution in [-0.4, -0.2) is 54.7 Å². The van der Waals surface area contributed by atoms with Gasteiger partial charge in [0.2, 0.25) is 10.0 Å². The molecule has 8 heteroatoms. The van der Waals surface area contributed by atoms with Crippen molar-refractivity contribution < 1.29 is 23.6 Å². The predicted molar refractivity (Wildman–Crippen MR) is 79.6 cm³/mol. The Bertz CT molecular complexity index is 597. The molecule has 0 aliphatic carbocycles. The molecule has 1 aliphatic rings. The first-order valence-corrected chi connectivity index (χ1v) is 8.38. The molecule has 0 saturated carbocycles. The molecular weight excluding hydrogens is 293 g/mol. The van der Waals surface area contributed by atoms with Crippen molar-refractivity contribution in [2.45, 2.75) is 24.7 Å². The summed E-state index contributed by atoms with van der Waals surface area (Å²) in [7, 11) is -5.33.